The Morgan fingerprint density at radius 1 is 0.698 bits per heavy atom. The van der Waals surface area contributed by atoms with Gasteiger partial charge in [0.2, 0.25) is 0 Å². The highest BCUT2D eigenvalue weighted by molar-refractivity contribution is 7.99. The molecule has 1 aromatic heterocycles. The van der Waals surface area contributed by atoms with E-state index in [1.165, 1.54) is 80.2 Å². The largest absolute Gasteiger partial charge is 0.505 e. The number of phenols is 1. The normalized spacial score (nSPS) is 12.3. The van der Waals surface area contributed by atoms with E-state index in [1.807, 2.05) is 17.8 Å². The van der Waals surface area contributed by atoms with E-state index in [4.69, 9.17) is 10.2 Å². The van der Waals surface area contributed by atoms with Gasteiger partial charge in [-0.25, -0.2) is 0 Å². The molecule has 0 aliphatic carbocycles. The van der Waals surface area contributed by atoms with E-state index in [-0.39, 0.29) is 11.2 Å². The number of benzene rings is 3. The summed E-state index contributed by atoms with van der Waals surface area (Å²) in [6.45, 7) is 13.5. The smallest absolute Gasteiger partial charge is 0.147 e. The van der Waals surface area contributed by atoms with Crippen molar-refractivity contribution >= 4 is 22.8 Å². The topological polar surface area (TPSA) is 50.9 Å². The molecule has 0 saturated carbocycles. The summed E-state index contributed by atoms with van der Waals surface area (Å²) in [6, 6.07) is 21.2. The standard InChI is InChI=1S/C38H53N3OS/c1-7-9-11-12-13-14-19-25-43-31-22-23-33-34(28-31)40-41(39-33)35-27-30(37(3,4)24-18-10-8-2)26-32(36(35)42)38(5,6)29-20-16-15-17-21-29/h15-17,20-23,26-28,42H,7-14,18-19,24-25H2,1-6H3. The van der Waals surface area contributed by atoms with Crippen LogP contribution in [0.4, 0.5) is 0 Å². The zero-order chi connectivity index (χ0) is 30.9. The van der Waals surface area contributed by atoms with Gasteiger partial charge in [0.25, 0.3) is 0 Å². The summed E-state index contributed by atoms with van der Waals surface area (Å²) >= 11 is 1.90. The highest BCUT2D eigenvalue weighted by atomic mass is 32.2. The first-order valence-corrected chi connectivity index (χ1v) is 17.6. The molecule has 5 heteroatoms. The fourth-order valence-corrected chi connectivity index (χ4v) is 6.89. The number of rotatable bonds is 17. The van der Waals surface area contributed by atoms with Gasteiger partial charge in [0.1, 0.15) is 22.5 Å². The van der Waals surface area contributed by atoms with Gasteiger partial charge < -0.3 is 5.11 Å². The summed E-state index contributed by atoms with van der Waals surface area (Å²) in [6.07, 6.45) is 14.0. The van der Waals surface area contributed by atoms with E-state index in [9.17, 15) is 5.11 Å². The average Bonchev–Trinajstić information content (AvgIpc) is 3.42. The number of hydrogen-bond donors (Lipinski definition) is 1. The average molecular weight is 600 g/mol. The molecule has 0 spiro atoms. The zero-order valence-electron chi connectivity index (χ0n) is 27.5. The van der Waals surface area contributed by atoms with Crippen molar-refractivity contribution in [3.63, 3.8) is 0 Å². The lowest BCUT2D eigenvalue weighted by Gasteiger charge is -2.32. The maximum atomic E-state index is 11.9. The van der Waals surface area contributed by atoms with Gasteiger partial charge in [-0.2, -0.15) is 0 Å². The fraction of sp³-hybridized carbons (Fsp3) is 0.526. The van der Waals surface area contributed by atoms with Crippen molar-refractivity contribution in [2.45, 2.75) is 128 Å². The number of fused-ring (bicyclic) bond motifs is 1. The quantitative estimate of drug-likeness (QED) is 0.0969. The van der Waals surface area contributed by atoms with Crippen molar-refractivity contribution in [1.82, 2.24) is 15.0 Å². The molecule has 1 heterocycles. The zero-order valence-corrected chi connectivity index (χ0v) is 28.3. The molecule has 0 bridgehead atoms. The summed E-state index contributed by atoms with van der Waals surface area (Å²) in [5.41, 5.74) is 5.18. The molecule has 43 heavy (non-hydrogen) atoms. The van der Waals surface area contributed by atoms with Gasteiger partial charge >= 0.3 is 0 Å². The number of aromatic hydroxyl groups is 1. The van der Waals surface area contributed by atoms with Crippen LogP contribution in [0.5, 0.6) is 5.75 Å². The SMILES string of the molecule is CCCCCCCCCSc1ccc2nn(-c3cc(C(C)(C)CCCCC)cc(C(C)(C)c4ccccc4)c3O)nc2c1. The molecule has 3 aromatic carbocycles. The van der Waals surface area contributed by atoms with Gasteiger partial charge in [-0.1, -0.05) is 136 Å². The van der Waals surface area contributed by atoms with E-state index in [2.05, 4.69) is 96.1 Å². The number of unbranched alkanes of at least 4 members (excludes halogenated alkanes) is 8. The molecule has 0 unspecified atom stereocenters. The Balaban J connectivity index is 1.64. The van der Waals surface area contributed by atoms with E-state index < -0.39 is 5.41 Å². The van der Waals surface area contributed by atoms with Crippen LogP contribution in [0.3, 0.4) is 0 Å². The predicted octanol–water partition coefficient (Wildman–Crippen LogP) is 11.2. The Morgan fingerprint density at radius 2 is 1.35 bits per heavy atom. The van der Waals surface area contributed by atoms with E-state index in [1.54, 1.807) is 4.80 Å². The second kappa shape index (κ2) is 15.3. The molecule has 4 rings (SSSR count). The molecular weight excluding hydrogens is 547 g/mol. The summed E-state index contributed by atoms with van der Waals surface area (Å²) in [7, 11) is 0. The Kier molecular flexibility index (Phi) is 11.8. The minimum Gasteiger partial charge on any atom is -0.505 e. The molecule has 4 aromatic rings. The van der Waals surface area contributed by atoms with Crippen molar-refractivity contribution in [2.24, 2.45) is 0 Å². The summed E-state index contributed by atoms with van der Waals surface area (Å²) in [4.78, 5) is 2.88. The van der Waals surface area contributed by atoms with Gasteiger partial charge in [0, 0.05) is 15.9 Å². The van der Waals surface area contributed by atoms with E-state index in [0.717, 1.165) is 28.8 Å². The molecule has 0 amide bonds. The minimum absolute atomic E-state index is 0.0501. The summed E-state index contributed by atoms with van der Waals surface area (Å²) < 4.78 is 0. The first-order valence-electron chi connectivity index (χ1n) is 16.6. The highest BCUT2D eigenvalue weighted by Crippen LogP contribution is 2.43. The Labute approximate surface area is 264 Å². The monoisotopic (exact) mass is 599 g/mol. The molecule has 1 N–H and O–H groups in total. The van der Waals surface area contributed by atoms with Crippen LogP contribution in [0.2, 0.25) is 0 Å². The number of hydrogen-bond acceptors (Lipinski definition) is 4. The van der Waals surface area contributed by atoms with Crippen molar-refractivity contribution in [1.29, 1.82) is 0 Å². The number of aromatic nitrogens is 3. The second-order valence-corrected chi connectivity index (χ2v) is 14.5. The summed E-state index contributed by atoms with van der Waals surface area (Å²) in [5, 5.41) is 21.6. The van der Waals surface area contributed by atoms with Crippen LogP contribution >= 0.6 is 11.8 Å². The van der Waals surface area contributed by atoms with Crippen molar-refractivity contribution in [2.75, 3.05) is 5.75 Å². The van der Waals surface area contributed by atoms with Crippen molar-refractivity contribution < 1.29 is 5.11 Å². The summed E-state index contributed by atoms with van der Waals surface area (Å²) in [5.74, 6) is 1.37. The predicted molar refractivity (Wildman–Crippen MR) is 185 cm³/mol. The van der Waals surface area contributed by atoms with Crippen LogP contribution in [0, 0.1) is 0 Å². The van der Waals surface area contributed by atoms with Crippen LogP contribution in [0.25, 0.3) is 16.7 Å². The number of thioether (sulfide) groups is 1. The molecular formula is C38H53N3OS. The number of nitrogens with zero attached hydrogens (tertiary/aromatic N) is 3. The Hall–Kier alpha value is -2.79. The van der Waals surface area contributed by atoms with Crippen LogP contribution in [0.1, 0.15) is 129 Å². The third-order valence-corrected chi connectivity index (χ3v) is 10.1. The lowest BCUT2D eigenvalue weighted by molar-refractivity contribution is 0.433. The third-order valence-electron chi connectivity index (χ3n) is 9.03. The van der Waals surface area contributed by atoms with Crippen LogP contribution in [-0.2, 0) is 10.8 Å². The fourth-order valence-electron chi connectivity index (χ4n) is 5.95. The Morgan fingerprint density at radius 3 is 2.07 bits per heavy atom. The van der Waals surface area contributed by atoms with Crippen LogP contribution in [-0.4, -0.2) is 25.9 Å². The Bertz CT molecular complexity index is 1440. The number of phenolic OH excluding ortho intramolecular Hbond substituents is 1. The van der Waals surface area contributed by atoms with Gasteiger partial charge in [-0.3, -0.25) is 0 Å². The van der Waals surface area contributed by atoms with Crippen LogP contribution < -0.4 is 0 Å². The maximum absolute atomic E-state index is 11.9. The van der Waals surface area contributed by atoms with E-state index in [0.29, 0.717) is 5.69 Å². The van der Waals surface area contributed by atoms with Gasteiger partial charge in [-0.05, 0) is 59.4 Å². The second-order valence-electron chi connectivity index (χ2n) is 13.3. The van der Waals surface area contributed by atoms with E-state index >= 15 is 0 Å². The van der Waals surface area contributed by atoms with Crippen molar-refractivity contribution in [3.05, 3.63) is 77.4 Å². The molecule has 0 fully saturated rings. The lowest BCUT2D eigenvalue weighted by atomic mass is 9.73. The molecule has 232 valence electrons. The molecule has 0 aliphatic heterocycles. The third kappa shape index (κ3) is 8.44. The molecule has 0 saturated heterocycles. The first kappa shape index (κ1) is 33.1. The lowest BCUT2D eigenvalue weighted by Crippen LogP contribution is -2.23. The van der Waals surface area contributed by atoms with Crippen LogP contribution in [0.15, 0.2) is 65.6 Å². The van der Waals surface area contributed by atoms with Gasteiger partial charge in [-0.15, -0.1) is 26.8 Å². The minimum atomic E-state index is -0.401. The van der Waals surface area contributed by atoms with Crippen molar-refractivity contribution in [3.8, 4) is 11.4 Å². The molecule has 0 atom stereocenters. The molecule has 4 nitrogen and oxygen atoms in total. The molecule has 0 radical (unpaired) electrons. The first-order chi connectivity index (χ1) is 20.7. The molecule has 0 aliphatic rings. The van der Waals surface area contributed by atoms with Gasteiger partial charge in [0.05, 0.1) is 0 Å². The van der Waals surface area contributed by atoms with Gasteiger partial charge in [0.15, 0.2) is 0 Å². The highest BCUT2D eigenvalue weighted by Gasteiger charge is 2.32. The maximum Gasteiger partial charge on any atom is 0.147 e.